The lowest BCUT2D eigenvalue weighted by atomic mass is 10.2. The molecule has 0 aliphatic rings. The van der Waals surface area contributed by atoms with Crippen LogP contribution in [0.4, 0.5) is 4.39 Å². The summed E-state index contributed by atoms with van der Waals surface area (Å²) in [5.41, 5.74) is 0. The van der Waals surface area contributed by atoms with Crippen LogP contribution in [0.2, 0.25) is 0 Å². The molecule has 2 aromatic rings. The zero-order valence-electron chi connectivity index (χ0n) is 6.38. The molecule has 0 saturated heterocycles. The highest BCUT2D eigenvalue weighted by Gasteiger charge is 2.10. The van der Waals surface area contributed by atoms with E-state index in [0.29, 0.717) is 11.7 Å². The van der Waals surface area contributed by atoms with Crippen molar-refractivity contribution in [2.24, 2.45) is 0 Å². The summed E-state index contributed by atoms with van der Waals surface area (Å²) in [5.74, 6) is -0.420. The van der Waals surface area contributed by atoms with Gasteiger partial charge in [0, 0.05) is 14.6 Å². The van der Waals surface area contributed by atoms with E-state index in [1.54, 1.807) is 12.1 Å². The van der Waals surface area contributed by atoms with Gasteiger partial charge in [0.15, 0.2) is 12.1 Å². The standard InChI is InChI=1S/C9H4BrFOS/c10-5-1-2-7-6(3-5)9(11)8(4-12)13-7/h1-4H. The number of fused-ring (bicyclic) bond motifs is 1. The van der Waals surface area contributed by atoms with Gasteiger partial charge in [-0.2, -0.15) is 0 Å². The van der Waals surface area contributed by atoms with Crippen LogP contribution in [-0.4, -0.2) is 6.29 Å². The quantitative estimate of drug-likeness (QED) is 0.715. The average Bonchev–Trinajstić information content (AvgIpc) is 2.44. The van der Waals surface area contributed by atoms with Crippen LogP contribution in [0.3, 0.4) is 0 Å². The van der Waals surface area contributed by atoms with E-state index >= 15 is 0 Å². The van der Waals surface area contributed by atoms with Crippen LogP contribution in [-0.2, 0) is 0 Å². The maximum atomic E-state index is 13.4. The minimum Gasteiger partial charge on any atom is -0.297 e. The summed E-state index contributed by atoms with van der Waals surface area (Å²) in [5, 5.41) is 0.501. The Kier molecular flexibility index (Phi) is 2.17. The molecular weight excluding hydrogens is 255 g/mol. The van der Waals surface area contributed by atoms with Crippen molar-refractivity contribution in [3.05, 3.63) is 33.4 Å². The van der Waals surface area contributed by atoms with Gasteiger partial charge in [0.2, 0.25) is 0 Å². The maximum absolute atomic E-state index is 13.4. The van der Waals surface area contributed by atoms with Gasteiger partial charge < -0.3 is 0 Å². The minimum absolute atomic E-state index is 0.160. The van der Waals surface area contributed by atoms with Gasteiger partial charge in [-0.3, -0.25) is 4.79 Å². The van der Waals surface area contributed by atoms with Crippen LogP contribution in [0, 0.1) is 5.82 Å². The molecule has 0 aliphatic heterocycles. The number of carbonyl (C=O) groups excluding carboxylic acids is 1. The predicted octanol–water partition coefficient (Wildman–Crippen LogP) is 3.62. The average molecular weight is 259 g/mol. The Morgan fingerprint density at radius 3 is 2.92 bits per heavy atom. The van der Waals surface area contributed by atoms with Crippen LogP contribution in [0.5, 0.6) is 0 Å². The third-order valence-electron chi connectivity index (χ3n) is 1.72. The highest BCUT2D eigenvalue weighted by Crippen LogP contribution is 2.30. The van der Waals surface area contributed by atoms with Crippen LogP contribution >= 0.6 is 27.3 Å². The Labute approximate surface area is 86.3 Å². The zero-order valence-corrected chi connectivity index (χ0v) is 8.78. The number of thiophene rings is 1. The van der Waals surface area contributed by atoms with Gasteiger partial charge in [0.25, 0.3) is 0 Å². The summed E-state index contributed by atoms with van der Waals surface area (Å²) in [7, 11) is 0. The molecule has 1 aromatic carbocycles. The van der Waals surface area contributed by atoms with Gasteiger partial charge in [0.05, 0.1) is 0 Å². The van der Waals surface area contributed by atoms with Gasteiger partial charge in [0.1, 0.15) is 4.88 Å². The number of benzene rings is 1. The summed E-state index contributed by atoms with van der Waals surface area (Å²) in [4.78, 5) is 10.6. The van der Waals surface area contributed by atoms with Crippen molar-refractivity contribution in [2.45, 2.75) is 0 Å². The molecule has 13 heavy (non-hydrogen) atoms. The van der Waals surface area contributed by atoms with E-state index in [4.69, 9.17) is 0 Å². The van der Waals surface area contributed by atoms with Crippen LogP contribution in [0.1, 0.15) is 9.67 Å². The third-order valence-corrected chi connectivity index (χ3v) is 3.29. The molecule has 0 bridgehead atoms. The Morgan fingerprint density at radius 1 is 1.46 bits per heavy atom. The molecule has 0 atom stereocenters. The van der Waals surface area contributed by atoms with Crippen molar-refractivity contribution < 1.29 is 9.18 Å². The summed E-state index contributed by atoms with van der Waals surface area (Å²) in [6, 6.07) is 5.29. The molecule has 0 N–H and O–H groups in total. The number of halogens is 2. The molecule has 66 valence electrons. The first-order valence-electron chi connectivity index (χ1n) is 3.55. The molecule has 0 radical (unpaired) electrons. The number of hydrogen-bond donors (Lipinski definition) is 0. The van der Waals surface area contributed by atoms with E-state index in [1.165, 1.54) is 11.3 Å². The second kappa shape index (κ2) is 3.20. The van der Waals surface area contributed by atoms with Crippen molar-refractivity contribution >= 4 is 43.6 Å². The number of aldehydes is 1. The van der Waals surface area contributed by atoms with Crippen molar-refractivity contribution in [3.63, 3.8) is 0 Å². The van der Waals surface area contributed by atoms with Gasteiger partial charge in [-0.1, -0.05) is 15.9 Å². The molecule has 1 aromatic heterocycles. The summed E-state index contributed by atoms with van der Waals surface area (Å²) in [6.45, 7) is 0. The fourth-order valence-corrected chi connectivity index (χ4v) is 2.37. The van der Waals surface area contributed by atoms with Crippen molar-refractivity contribution in [3.8, 4) is 0 Å². The predicted molar refractivity (Wildman–Crippen MR) is 54.9 cm³/mol. The molecule has 0 saturated carbocycles. The van der Waals surface area contributed by atoms with E-state index in [2.05, 4.69) is 15.9 Å². The smallest absolute Gasteiger partial charge is 0.163 e. The van der Waals surface area contributed by atoms with Crippen molar-refractivity contribution in [2.75, 3.05) is 0 Å². The monoisotopic (exact) mass is 258 g/mol. The highest BCUT2D eigenvalue weighted by molar-refractivity contribution is 9.10. The lowest BCUT2D eigenvalue weighted by molar-refractivity contribution is 0.112. The molecule has 1 nitrogen and oxygen atoms in total. The molecule has 1 heterocycles. The summed E-state index contributed by atoms with van der Waals surface area (Å²) < 4.78 is 15.0. The first kappa shape index (κ1) is 8.84. The second-order valence-corrected chi connectivity index (χ2v) is 4.54. The number of rotatable bonds is 1. The lowest BCUT2D eigenvalue weighted by Gasteiger charge is -1.89. The Bertz CT molecular complexity index is 478. The highest BCUT2D eigenvalue weighted by atomic mass is 79.9. The zero-order chi connectivity index (χ0) is 9.42. The van der Waals surface area contributed by atoms with E-state index in [-0.39, 0.29) is 4.88 Å². The molecular formula is C9H4BrFOS. The molecule has 2 rings (SSSR count). The second-order valence-electron chi connectivity index (χ2n) is 2.54. The third kappa shape index (κ3) is 1.40. The molecule has 0 unspecified atom stereocenters. The largest absolute Gasteiger partial charge is 0.297 e. The Balaban J connectivity index is 2.84. The van der Waals surface area contributed by atoms with Crippen LogP contribution in [0.15, 0.2) is 22.7 Å². The van der Waals surface area contributed by atoms with E-state index in [1.807, 2.05) is 6.07 Å². The van der Waals surface area contributed by atoms with Crippen molar-refractivity contribution in [1.82, 2.24) is 0 Å². The Morgan fingerprint density at radius 2 is 2.23 bits per heavy atom. The van der Waals surface area contributed by atoms with Crippen LogP contribution < -0.4 is 0 Å². The van der Waals surface area contributed by atoms with E-state index in [9.17, 15) is 9.18 Å². The SMILES string of the molecule is O=Cc1sc2ccc(Br)cc2c1F. The van der Waals surface area contributed by atoms with Crippen LogP contribution in [0.25, 0.3) is 10.1 Å². The number of carbonyl (C=O) groups is 1. The summed E-state index contributed by atoms with van der Waals surface area (Å²) in [6.07, 6.45) is 0.550. The minimum atomic E-state index is -0.420. The van der Waals surface area contributed by atoms with Gasteiger partial charge in [-0.25, -0.2) is 4.39 Å². The van der Waals surface area contributed by atoms with E-state index in [0.717, 1.165) is 9.17 Å². The fraction of sp³-hybridized carbons (Fsp3) is 0. The molecule has 0 spiro atoms. The molecule has 4 heteroatoms. The topological polar surface area (TPSA) is 17.1 Å². The summed E-state index contributed by atoms with van der Waals surface area (Å²) >= 11 is 4.42. The van der Waals surface area contributed by atoms with Crippen molar-refractivity contribution in [1.29, 1.82) is 0 Å². The van der Waals surface area contributed by atoms with Gasteiger partial charge >= 0.3 is 0 Å². The maximum Gasteiger partial charge on any atom is 0.163 e. The first-order valence-corrected chi connectivity index (χ1v) is 5.16. The fourth-order valence-electron chi connectivity index (χ4n) is 1.13. The number of hydrogen-bond acceptors (Lipinski definition) is 2. The first-order chi connectivity index (χ1) is 6.22. The van der Waals surface area contributed by atoms with Gasteiger partial charge in [-0.05, 0) is 18.2 Å². The normalized spacial score (nSPS) is 10.6. The molecule has 0 fully saturated rings. The van der Waals surface area contributed by atoms with Gasteiger partial charge in [-0.15, -0.1) is 11.3 Å². The van der Waals surface area contributed by atoms with E-state index < -0.39 is 5.82 Å². The Hall–Kier alpha value is -0.740. The lowest BCUT2D eigenvalue weighted by Crippen LogP contribution is -1.76. The molecule has 0 amide bonds. The molecule has 0 aliphatic carbocycles.